The van der Waals surface area contributed by atoms with Crippen LogP contribution in [0.25, 0.3) is 0 Å². The zero-order valence-corrected chi connectivity index (χ0v) is 29.4. The van der Waals surface area contributed by atoms with Crippen molar-refractivity contribution in [1.29, 1.82) is 0 Å². The third-order valence-electron chi connectivity index (χ3n) is 9.72. The number of amides is 2. The number of carbonyl (C=O) groups is 2. The summed E-state index contributed by atoms with van der Waals surface area (Å²) >= 11 is 0. The standard InChI is InChI=1S/C47H39N3O4/c51-44(49-42(34-20-7-1-8-21-34)46(53,36-24-11-3-12-25-36)37-26-13-4-14-27-37)40-32-19-33-41(48-40)45(52)50-43(35-22-9-2-10-23-35)47(54,38-28-15-5-16-29-38)39-30-17-6-18-31-39/h1-33,42-43,53-54H,(H,49,51)(H,50,52)/t42-,43-/m0/s1. The van der Waals surface area contributed by atoms with Crippen LogP contribution in [0.5, 0.6) is 0 Å². The molecule has 2 atom stereocenters. The van der Waals surface area contributed by atoms with Crippen molar-refractivity contribution in [2.75, 3.05) is 0 Å². The van der Waals surface area contributed by atoms with Crippen LogP contribution in [0, 0.1) is 0 Å². The fraction of sp³-hybridized carbons (Fsp3) is 0.0851. The first kappa shape index (κ1) is 35.7. The first-order chi connectivity index (χ1) is 26.4. The molecule has 4 N–H and O–H groups in total. The molecule has 7 heteroatoms. The molecule has 7 nitrogen and oxygen atoms in total. The second kappa shape index (κ2) is 15.9. The van der Waals surface area contributed by atoms with E-state index in [2.05, 4.69) is 15.6 Å². The molecule has 0 unspecified atom stereocenters. The van der Waals surface area contributed by atoms with E-state index in [1.807, 2.05) is 182 Å². The summed E-state index contributed by atoms with van der Waals surface area (Å²) in [5.74, 6) is -1.18. The lowest BCUT2D eigenvalue weighted by atomic mass is 9.77. The summed E-state index contributed by atoms with van der Waals surface area (Å²) in [6, 6.07) is 58.1. The number of aliphatic hydroxyl groups is 2. The van der Waals surface area contributed by atoms with Crippen LogP contribution in [0.1, 0.15) is 66.4 Å². The predicted octanol–water partition coefficient (Wildman–Crippen LogP) is 7.90. The second-order valence-corrected chi connectivity index (χ2v) is 13.0. The number of rotatable bonds is 12. The Morgan fingerprint density at radius 1 is 0.389 bits per heavy atom. The van der Waals surface area contributed by atoms with Gasteiger partial charge in [-0.15, -0.1) is 0 Å². The molecule has 0 aliphatic carbocycles. The number of hydrogen-bond acceptors (Lipinski definition) is 5. The van der Waals surface area contributed by atoms with Crippen LogP contribution in [0.15, 0.2) is 200 Å². The molecule has 0 aliphatic heterocycles. The highest BCUT2D eigenvalue weighted by Crippen LogP contribution is 2.42. The molecular formula is C47H39N3O4. The Bertz CT molecular complexity index is 2050. The number of pyridine rings is 1. The third kappa shape index (κ3) is 7.19. The molecule has 0 aliphatic rings. The van der Waals surface area contributed by atoms with E-state index in [1.165, 1.54) is 12.1 Å². The zero-order valence-electron chi connectivity index (χ0n) is 29.4. The second-order valence-electron chi connectivity index (χ2n) is 13.0. The van der Waals surface area contributed by atoms with Gasteiger partial charge in [-0.05, 0) is 45.5 Å². The predicted molar refractivity (Wildman–Crippen MR) is 209 cm³/mol. The molecule has 0 saturated heterocycles. The van der Waals surface area contributed by atoms with E-state index in [0.29, 0.717) is 33.4 Å². The molecule has 0 saturated carbocycles. The average Bonchev–Trinajstić information content (AvgIpc) is 3.26. The van der Waals surface area contributed by atoms with Gasteiger partial charge in [0.15, 0.2) is 0 Å². The van der Waals surface area contributed by atoms with Crippen molar-refractivity contribution in [3.8, 4) is 0 Å². The van der Waals surface area contributed by atoms with Gasteiger partial charge in [-0.2, -0.15) is 0 Å². The summed E-state index contributed by atoms with van der Waals surface area (Å²) < 4.78 is 0. The molecule has 1 heterocycles. The lowest BCUT2D eigenvalue weighted by Crippen LogP contribution is -2.46. The van der Waals surface area contributed by atoms with Gasteiger partial charge in [-0.3, -0.25) is 9.59 Å². The van der Waals surface area contributed by atoms with Crippen molar-refractivity contribution >= 4 is 11.8 Å². The Balaban J connectivity index is 1.25. The van der Waals surface area contributed by atoms with Crippen LogP contribution in [-0.2, 0) is 11.2 Å². The highest BCUT2D eigenvalue weighted by molar-refractivity contribution is 5.96. The number of hydrogen-bond donors (Lipinski definition) is 4. The van der Waals surface area contributed by atoms with E-state index in [4.69, 9.17) is 0 Å². The van der Waals surface area contributed by atoms with Gasteiger partial charge in [-0.1, -0.05) is 188 Å². The van der Waals surface area contributed by atoms with Crippen molar-refractivity contribution in [2.45, 2.75) is 23.3 Å². The van der Waals surface area contributed by atoms with Gasteiger partial charge in [0.2, 0.25) is 0 Å². The van der Waals surface area contributed by atoms with Gasteiger partial charge in [-0.25, -0.2) is 4.98 Å². The Hall–Kier alpha value is -6.67. The summed E-state index contributed by atoms with van der Waals surface area (Å²) in [6.45, 7) is 0. The molecule has 266 valence electrons. The molecule has 54 heavy (non-hydrogen) atoms. The van der Waals surface area contributed by atoms with E-state index in [9.17, 15) is 19.8 Å². The van der Waals surface area contributed by atoms with Crippen LogP contribution in [0.3, 0.4) is 0 Å². The highest BCUT2D eigenvalue weighted by atomic mass is 16.3. The summed E-state index contributed by atoms with van der Waals surface area (Å²) in [6.07, 6.45) is 0. The SMILES string of the molecule is O=C(N[C@@H](c1ccccc1)C(O)(c1ccccc1)c1ccccc1)c1cccc(C(=O)N[C@@H](c2ccccc2)C(O)(c2ccccc2)c2ccccc2)n1. The summed E-state index contributed by atoms with van der Waals surface area (Å²) in [4.78, 5) is 33.0. The monoisotopic (exact) mass is 709 g/mol. The molecule has 6 aromatic carbocycles. The minimum Gasteiger partial charge on any atom is -0.378 e. The van der Waals surface area contributed by atoms with Crippen molar-refractivity contribution < 1.29 is 19.8 Å². The largest absolute Gasteiger partial charge is 0.378 e. The molecular weight excluding hydrogens is 671 g/mol. The van der Waals surface area contributed by atoms with Crippen molar-refractivity contribution in [2.24, 2.45) is 0 Å². The van der Waals surface area contributed by atoms with E-state index in [-0.39, 0.29) is 11.4 Å². The summed E-state index contributed by atoms with van der Waals surface area (Å²) in [7, 11) is 0. The lowest BCUT2D eigenvalue weighted by molar-refractivity contribution is 0.0333. The molecule has 0 bridgehead atoms. The molecule has 0 fully saturated rings. The zero-order chi connectivity index (χ0) is 37.4. The van der Waals surface area contributed by atoms with Gasteiger partial charge in [0.05, 0.1) is 12.1 Å². The van der Waals surface area contributed by atoms with Gasteiger partial charge in [0.25, 0.3) is 11.8 Å². The molecule has 0 radical (unpaired) electrons. The first-order valence-corrected chi connectivity index (χ1v) is 17.7. The normalized spacial score (nSPS) is 12.6. The summed E-state index contributed by atoms with van der Waals surface area (Å²) in [5.41, 5.74) is 0.266. The third-order valence-corrected chi connectivity index (χ3v) is 9.72. The van der Waals surface area contributed by atoms with Crippen LogP contribution >= 0.6 is 0 Å². The van der Waals surface area contributed by atoms with E-state index >= 15 is 0 Å². The number of benzene rings is 6. The van der Waals surface area contributed by atoms with Crippen LogP contribution < -0.4 is 10.6 Å². The Morgan fingerprint density at radius 2 is 0.648 bits per heavy atom. The van der Waals surface area contributed by atoms with Crippen molar-refractivity contribution in [1.82, 2.24) is 15.6 Å². The van der Waals surface area contributed by atoms with E-state index in [0.717, 1.165) is 0 Å². The molecule has 2 amide bonds. The fourth-order valence-electron chi connectivity index (χ4n) is 7.02. The molecule has 0 spiro atoms. The van der Waals surface area contributed by atoms with Gasteiger partial charge in [0.1, 0.15) is 22.6 Å². The Morgan fingerprint density at radius 3 is 0.926 bits per heavy atom. The Kier molecular flexibility index (Phi) is 10.5. The van der Waals surface area contributed by atoms with Gasteiger partial charge < -0.3 is 20.8 Å². The lowest BCUT2D eigenvalue weighted by Gasteiger charge is -2.38. The van der Waals surface area contributed by atoms with Crippen molar-refractivity contribution in [3.63, 3.8) is 0 Å². The molecule has 7 rings (SSSR count). The minimum atomic E-state index is -1.68. The number of nitrogens with one attached hydrogen (secondary N) is 2. The maximum atomic E-state index is 14.2. The van der Waals surface area contributed by atoms with E-state index < -0.39 is 35.1 Å². The number of nitrogens with zero attached hydrogens (tertiary/aromatic N) is 1. The van der Waals surface area contributed by atoms with Gasteiger partial charge >= 0.3 is 0 Å². The van der Waals surface area contributed by atoms with Crippen LogP contribution in [0.2, 0.25) is 0 Å². The first-order valence-electron chi connectivity index (χ1n) is 17.7. The Labute approximate surface area is 314 Å². The van der Waals surface area contributed by atoms with Crippen LogP contribution in [0.4, 0.5) is 0 Å². The van der Waals surface area contributed by atoms with Crippen molar-refractivity contribution in [3.05, 3.63) is 245 Å². The topological polar surface area (TPSA) is 112 Å². The number of aromatic nitrogens is 1. The molecule has 7 aromatic rings. The quantitative estimate of drug-likeness (QED) is 0.103. The highest BCUT2D eigenvalue weighted by Gasteiger charge is 2.44. The average molecular weight is 710 g/mol. The molecule has 1 aromatic heterocycles. The minimum absolute atomic E-state index is 0.0234. The smallest absolute Gasteiger partial charge is 0.270 e. The van der Waals surface area contributed by atoms with E-state index in [1.54, 1.807) is 6.07 Å². The fourth-order valence-corrected chi connectivity index (χ4v) is 7.02. The number of carbonyl (C=O) groups excluding carboxylic acids is 2. The maximum Gasteiger partial charge on any atom is 0.270 e. The van der Waals surface area contributed by atoms with Crippen LogP contribution in [-0.4, -0.2) is 27.0 Å². The summed E-state index contributed by atoms with van der Waals surface area (Å²) in [5, 5.41) is 31.6. The maximum absolute atomic E-state index is 14.2. The van der Waals surface area contributed by atoms with Gasteiger partial charge in [0, 0.05) is 0 Å².